The molecule has 1 N–H and O–H groups in total. The monoisotopic (exact) mass is 294 g/mol. The van der Waals surface area contributed by atoms with Gasteiger partial charge in [0.15, 0.2) is 0 Å². The average Bonchev–Trinajstić information content (AvgIpc) is 2.61. The summed E-state index contributed by atoms with van der Waals surface area (Å²) >= 11 is 0. The van der Waals surface area contributed by atoms with Crippen LogP contribution in [0.25, 0.3) is 0 Å². The van der Waals surface area contributed by atoms with E-state index in [0.29, 0.717) is 12.8 Å². The Morgan fingerprint density at radius 3 is 2.15 bits per heavy atom. The Morgan fingerprint density at radius 2 is 1.70 bits per heavy atom. The molecule has 3 rings (SSSR count). The fourth-order valence-corrected chi connectivity index (χ4v) is 6.22. The zero-order valence-corrected chi connectivity index (χ0v) is 13.1. The molecule has 1 aromatic rings. The summed E-state index contributed by atoms with van der Waals surface area (Å²) in [5.74, 6) is 0.828. The van der Waals surface area contributed by atoms with Crippen molar-refractivity contribution in [3.05, 3.63) is 28.8 Å². The molecule has 0 saturated carbocycles. The van der Waals surface area contributed by atoms with Crippen molar-refractivity contribution in [3.63, 3.8) is 0 Å². The molecule has 4 heteroatoms. The third-order valence-corrected chi connectivity index (χ3v) is 6.92. The van der Waals surface area contributed by atoms with E-state index in [1.54, 1.807) is 7.11 Å². The van der Waals surface area contributed by atoms with Crippen LogP contribution in [-0.4, -0.2) is 26.9 Å². The Balaban J connectivity index is 2.03. The first-order valence-corrected chi connectivity index (χ1v) is 8.49. The maximum Gasteiger partial charge on any atom is 0.119 e. The first-order chi connectivity index (χ1) is 9.44. The van der Waals surface area contributed by atoms with E-state index in [1.165, 1.54) is 0 Å². The van der Waals surface area contributed by atoms with Gasteiger partial charge in [0.2, 0.25) is 0 Å². The van der Waals surface area contributed by atoms with Crippen LogP contribution < -0.4 is 4.74 Å². The van der Waals surface area contributed by atoms with E-state index in [2.05, 4.69) is 0 Å². The van der Waals surface area contributed by atoms with E-state index in [0.717, 1.165) is 35.3 Å². The molecule has 2 heterocycles. The predicted octanol–water partition coefficient (Wildman–Crippen LogP) is 2.57. The number of fused-ring (bicyclic) bond motifs is 2. The van der Waals surface area contributed by atoms with E-state index < -0.39 is 16.4 Å². The number of hydrogen-bond acceptors (Lipinski definition) is 3. The van der Waals surface area contributed by atoms with Gasteiger partial charge in [-0.15, -0.1) is 0 Å². The lowest BCUT2D eigenvalue weighted by Gasteiger charge is -2.38. The second-order valence-electron chi connectivity index (χ2n) is 6.23. The summed E-state index contributed by atoms with van der Waals surface area (Å²) < 4.78 is 17.4. The molecule has 0 aliphatic carbocycles. The lowest BCUT2D eigenvalue weighted by molar-refractivity contribution is 0.0172. The molecule has 2 aliphatic heterocycles. The van der Waals surface area contributed by atoms with Crippen molar-refractivity contribution in [2.24, 2.45) is 0 Å². The Morgan fingerprint density at radius 1 is 1.20 bits per heavy atom. The summed E-state index contributed by atoms with van der Waals surface area (Å²) in [5.41, 5.74) is 2.33. The number of methoxy groups -OCH3 is 1. The van der Waals surface area contributed by atoms with Crippen LogP contribution in [0.4, 0.5) is 0 Å². The van der Waals surface area contributed by atoms with Crippen molar-refractivity contribution >= 4 is 10.8 Å². The summed E-state index contributed by atoms with van der Waals surface area (Å²) in [4.78, 5) is 0. The lowest BCUT2D eigenvalue weighted by Crippen LogP contribution is -2.41. The maximum absolute atomic E-state index is 12.2. The minimum atomic E-state index is -0.819. The van der Waals surface area contributed by atoms with E-state index in [1.807, 2.05) is 26.0 Å². The van der Waals surface area contributed by atoms with Gasteiger partial charge in [-0.3, -0.25) is 4.21 Å². The summed E-state index contributed by atoms with van der Waals surface area (Å²) in [5, 5.41) is 11.5. The van der Waals surface area contributed by atoms with Gasteiger partial charge in [-0.1, -0.05) is 0 Å². The van der Waals surface area contributed by atoms with Gasteiger partial charge < -0.3 is 9.84 Å². The van der Waals surface area contributed by atoms with Crippen LogP contribution in [0.5, 0.6) is 5.75 Å². The highest BCUT2D eigenvalue weighted by Crippen LogP contribution is 2.47. The maximum atomic E-state index is 12.2. The second-order valence-corrected chi connectivity index (χ2v) is 8.22. The molecule has 1 aromatic carbocycles. The molecule has 110 valence electrons. The Kier molecular flexibility index (Phi) is 3.41. The number of aliphatic hydroxyl groups is 1. The molecule has 0 radical (unpaired) electrons. The highest BCUT2D eigenvalue weighted by Gasteiger charge is 2.49. The molecule has 2 unspecified atom stereocenters. The lowest BCUT2D eigenvalue weighted by atomic mass is 9.81. The van der Waals surface area contributed by atoms with Crippen LogP contribution in [-0.2, 0) is 16.4 Å². The third-order valence-electron chi connectivity index (χ3n) is 4.81. The van der Waals surface area contributed by atoms with Crippen molar-refractivity contribution in [1.82, 2.24) is 0 Å². The Labute approximate surface area is 122 Å². The number of benzene rings is 1. The normalized spacial score (nSPS) is 36.1. The molecular formula is C16H22O3S. The van der Waals surface area contributed by atoms with Gasteiger partial charge in [0, 0.05) is 21.3 Å². The predicted molar refractivity (Wildman–Crippen MR) is 80.6 cm³/mol. The van der Waals surface area contributed by atoms with Gasteiger partial charge >= 0.3 is 0 Å². The van der Waals surface area contributed by atoms with Crippen LogP contribution in [0.1, 0.15) is 42.4 Å². The summed E-state index contributed by atoms with van der Waals surface area (Å²) in [6, 6.07) is 3.96. The smallest absolute Gasteiger partial charge is 0.119 e. The number of aryl methyl sites for hydroxylation is 2. The standard InChI is InChI=1S/C16H22O3S/c1-10-6-12(19-3)7-11(2)15(10)16(17)8-13-4-5-14(9-16)20(13)18/h6-7,13-14,17H,4-5,8-9H2,1-3H3. The minimum absolute atomic E-state index is 0.166. The molecule has 3 nitrogen and oxygen atoms in total. The van der Waals surface area contributed by atoms with Gasteiger partial charge in [-0.25, -0.2) is 0 Å². The van der Waals surface area contributed by atoms with Crippen molar-refractivity contribution in [2.75, 3.05) is 7.11 Å². The molecule has 20 heavy (non-hydrogen) atoms. The first kappa shape index (κ1) is 14.1. The fraction of sp³-hybridized carbons (Fsp3) is 0.625. The van der Waals surface area contributed by atoms with Crippen LogP contribution >= 0.6 is 0 Å². The van der Waals surface area contributed by atoms with Crippen molar-refractivity contribution < 1.29 is 14.1 Å². The van der Waals surface area contributed by atoms with Crippen LogP contribution in [0.3, 0.4) is 0 Å². The highest BCUT2D eigenvalue weighted by atomic mass is 32.2. The van der Waals surface area contributed by atoms with Gasteiger partial charge in [0.05, 0.1) is 12.7 Å². The Bertz CT molecular complexity index is 528. The van der Waals surface area contributed by atoms with E-state index in [9.17, 15) is 9.32 Å². The quantitative estimate of drug-likeness (QED) is 0.912. The summed E-state index contributed by atoms with van der Waals surface area (Å²) in [7, 11) is 0.916. The first-order valence-electron chi connectivity index (χ1n) is 7.22. The summed E-state index contributed by atoms with van der Waals surface area (Å²) in [6.07, 6.45) is 3.25. The Hall–Kier alpha value is -0.870. The van der Waals surface area contributed by atoms with Crippen molar-refractivity contribution in [2.45, 2.75) is 55.6 Å². The molecule has 2 atom stereocenters. The molecule has 2 saturated heterocycles. The number of ether oxygens (including phenoxy) is 1. The summed E-state index contributed by atoms with van der Waals surface area (Å²) in [6.45, 7) is 4.05. The number of rotatable bonds is 2. The van der Waals surface area contributed by atoms with Gasteiger partial charge in [0.25, 0.3) is 0 Å². The van der Waals surface area contributed by atoms with E-state index in [4.69, 9.17) is 4.74 Å². The topological polar surface area (TPSA) is 46.5 Å². The van der Waals surface area contributed by atoms with Gasteiger partial charge in [-0.05, 0) is 68.4 Å². The highest BCUT2D eigenvalue weighted by molar-refractivity contribution is 7.86. The zero-order valence-electron chi connectivity index (χ0n) is 12.3. The molecule has 2 bridgehead atoms. The molecular weight excluding hydrogens is 272 g/mol. The molecule has 0 spiro atoms. The van der Waals surface area contributed by atoms with Crippen molar-refractivity contribution in [1.29, 1.82) is 0 Å². The second kappa shape index (κ2) is 4.85. The molecule has 2 aliphatic rings. The fourth-order valence-electron chi connectivity index (χ4n) is 4.06. The van der Waals surface area contributed by atoms with Crippen LogP contribution in [0, 0.1) is 13.8 Å². The van der Waals surface area contributed by atoms with Gasteiger partial charge in [-0.2, -0.15) is 0 Å². The molecule has 0 aromatic heterocycles. The minimum Gasteiger partial charge on any atom is -0.497 e. The van der Waals surface area contributed by atoms with Gasteiger partial charge in [0.1, 0.15) is 5.75 Å². The largest absolute Gasteiger partial charge is 0.497 e. The average molecular weight is 294 g/mol. The SMILES string of the molecule is COc1cc(C)c(C2(O)CC3CCC(C2)S3=O)c(C)c1. The third kappa shape index (κ3) is 2.09. The molecule has 2 fully saturated rings. The zero-order chi connectivity index (χ0) is 14.5. The van der Waals surface area contributed by atoms with E-state index in [-0.39, 0.29) is 10.5 Å². The molecule has 0 amide bonds. The number of hydrogen-bond donors (Lipinski definition) is 1. The van der Waals surface area contributed by atoms with Crippen molar-refractivity contribution in [3.8, 4) is 5.75 Å². The van der Waals surface area contributed by atoms with Crippen LogP contribution in [0.2, 0.25) is 0 Å². The van der Waals surface area contributed by atoms with Crippen LogP contribution in [0.15, 0.2) is 12.1 Å². The van der Waals surface area contributed by atoms with E-state index >= 15 is 0 Å².